The number of carbonyl (C=O) groups excluding carboxylic acids is 1. The number of carbonyl (C=O) groups is 1. The highest BCUT2D eigenvalue weighted by Gasteiger charge is 2.27. The molecular formula is C13H16FNO2. The first-order valence-electron chi connectivity index (χ1n) is 5.89. The Hall–Kier alpha value is -1.58. The molecule has 1 saturated heterocycles. The van der Waals surface area contributed by atoms with E-state index in [0.29, 0.717) is 12.5 Å². The first-order chi connectivity index (χ1) is 8.11. The molecule has 0 radical (unpaired) electrons. The Kier molecular flexibility index (Phi) is 3.31. The van der Waals surface area contributed by atoms with Crippen LogP contribution in [0.1, 0.15) is 30.1 Å². The van der Waals surface area contributed by atoms with Gasteiger partial charge in [-0.3, -0.25) is 4.79 Å². The van der Waals surface area contributed by atoms with Crippen LogP contribution in [0.15, 0.2) is 18.2 Å². The van der Waals surface area contributed by atoms with Crippen LogP contribution in [0.4, 0.5) is 4.39 Å². The molecule has 1 aliphatic heterocycles. The zero-order valence-electron chi connectivity index (χ0n) is 9.82. The highest BCUT2D eigenvalue weighted by Crippen LogP contribution is 2.25. The van der Waals surface area contributed by atoms with Crippen LogP contribution in [0, 0.1) is 11.7 Å². The average Bonchev–Trinajstić information content (AvgIpc) is 2.76. The lowest BCUT2D eigenvalue weighted by atomic mass is 10.1. The van der Waals surface area contributed by atoms with E-state index in [9.17, 15) is 14.3 Å². The van der Waals surface area contributed by atoms with Gasteiger partial charge in [0.1, 0.15) is 11.6 Å². The maximum atomic E-state index is 12.8. The highest BCUT2D eigenvalue weighted by molar-refractivity contribution is 5.96. The van der Waals surface area contributed by atoms with Crippen LogP contribution in [-0.2, 0) is 0 Å². The Morgan fingerprint density at radius 1 is 1.59 bits per heavy atom. The monoisotopic (exact) mass is 237 g/mol. The number of phenols is 1. The Balaban J connectivity index is 2.15. The van der Waals surface area contributed by atoms with E-state index in [2.05, 4.69) is 6.92 Å². The summed E-state index contributed by atoms with van der Waals surface area (Å²) in [6.07, 6.45) is 2.06. The second-order valence-electron chi connectivity index (χ2n) is 4.48. The fraction of sp³-hybridized carbons (Fsp3) is 0.462. The van der Waals surface area contributed by atoms with Gasteiger partial charge in [0.15, 0.2) is 0 Å². The third-order valence-electron chi connectivity index (χ3n) is 3.34. The quantitative estimate of drug-likeness (QED) is 0.858. The second kappa shape index (κ2) is 4.73. The zero-order chi connectivity index (χ0) is 12.4. The summed E-state index contributed by atoms with van der Waals surface area (Å²) < 4.78 is 12.8. The molecule has 0 spiro atoms. The average molecular weight is 237 g/mol. The van der Waals surface area contributed by atoms with Crippen LogP contribution in [0.5, 0.6) is 5.75 Å². The molecule has 1 heterocycles. The lowest BCUT2D eigenvalue weighted by Crippen LogP contribution is -2.28. The van der Waals surface area contributed by atoms with Crippen LogP contribution in [0.2, 0.25) is 0 Å². The SMILES string of the molecule is CCC1CCN(C(=O)c2ccc(F)cc2O)C1. The van der Waals surface area contributed by atoms with E-state index in [1.54, 1.807) is 4.90 Å². The molecule has 1 amide bonds. The molecule has 3 nitrogen and oxygen atoms in total. The number of hydrogen-bond donors (Lipinski definition) is 1. The molecule has 0 aliphatic carbocycles. The second-order valence-corrected chi connectivity index (χ2v) is 4.48. The number of amides is 1. The molecule has 17 heavy (non-hydrogen) atoms. The fourth-order valence-corrected chi connectivity index (χ4v) is 2.21. The van der Waals surface area contributed by atoms with Gasteiger partial charge < -0.3 is 10.0 Å². The van der Waals surface area contributed by atoms with Gasteiger partial charge in [-0.05, 0) is 24.5 Å². The van der Waals surface area contributed by atoms with Crippen molar-refractivity contribution in [2.75, 3.05) is 13.1 Å². The van der Waals surface area contributed by atoms with E-state index < -0.39 is 5.82 Å². The number of hydrogen-bond acceptors (Lipinski definition) is 2. The van der Waals surface area contributed by atoms with Crippen LogP contribution in [0.3, 0.4) is 0 Å². The van der Waals surface area contributed by atoms with Crippen LogP contribution < -0.4 is 0 Å². The highest BCUT2D eigenvalue weighted by atomic mass is 19.1. The molecule has 0 bridgehead atoms. The van der Waals surface area contributed by atoms with E-state index in [1.165, 1.54) is 12.1 Å². The van der Waals surface area contributed by atoms with Crippen LogP contribution in [-0.4, -0.2) is 29.0 Å². The summed E-state index contributed by atoms with van der Waals surface area (Å²) in [4.78, 5) is 13.8. The summed E-state index contributed by atoms with van der Waals surface area (Å²) in [6, 6.07) is 3.51. The van der Waals surface area contributed by atoms with Crippen molar-refractivity contribution >= 4 is 5.91 Å². The van der Waals surface area contributed by atoms with E-state index in [4.69, 9.17) is 0 Å². The summed E-state index contributed by atoms with van der Waals surface area (Å²) in [5, 5.41) is 9.56. The zero-order valence-corrected chi connectivity index (χ0v) is 9.82. The molecule has 1 atom stereocenters. The number of nitrogens with zero attached hydrogens (tertiary/aromatic N) is 1. The Bertz CT molecular complexity index is 433. The Morgan fingerprint density at radius 2 is 2.35 bits per heavy atom. The summed E-state index contributed by atoms with van der Waals surface area (Å²) >= 11 is 0. The van der Waals surface area contributed by atoms with E-state index in [-0.39, 0.29) is 17.2 Å². The lowest BCUT2D eigenvalue weighted by molar-refractivity contribution is 0.0784. The predicted octanol–water partition coefficient (Wildman–Crippen LogP) is 2.40. The first kappa shape index (κ1) is 11.9. The molecule has 4 heteroatoms. The Morgan fingerprint density at radius 3 is 2.94 bits per heavy atom. The van der Waals surface area contributed by atoms with Gasteiger partial charge in [-0.2, -0.15) is 0 Å². The van der Waals surface area contributed by atoms with Crippen molar-refractivity contribution in [1.82, 2.24) is 4.90 Å². The fourth-order valence-electron chi connectivity index (χ4n) is 2.21. The maximum Gasteiger partial charge on any atom is 0.257 e. The number of phenolic OH excluding ortho intramolecular Hbond substituents is 1. The predicted molar refractivity (Wildman–Crippen MR) is 62.4 cm³/mol. The van der Waals surface area contributed by atoms with Gasteiger partial charge in [0.05, 0.1) is 5.56 Å². The third kappa shape index (κ3) is 2.40. The summed E-state index contributed by atoms with van der Waals surface area (Å²) in [7, 11) is 0. The summed E-state index contributed by atoms with van der Waals surface area (Å²) in [5.41, 5.74) is 0.183. The van der Waals surface area contributed by atoms with Gasteiger partial charge >= 0.3 is 0 Å². The molecule has 1 fully saturated rings. The molecule has 1 aromatic carbocycles. The normalized spacial score (nSPS) is 19.6. The molecule has 1 N–H and O–H groups in total. The van der Waals surface area contributed by atoms with Gasteiger partial charge in [0.25, 0.3) is 5.91 Å². The number of benzene rings is 1. The van der Waals surface area contributed by atoms with Crippen LogP contribution in [0.25, 0.3) is 0 Å². The maximum absolute atomic E-state index is 12.8. The van der Waals surface area contributed by atoms with Gasteiger partial charge in [-0.25, -0.2) is 4.39 Å². The minimum Gasteiger partial charge on any atom is -0.507 e. The molecule has 0 saturated carbocycles. The smallest absolute Gasteiger partial charge is 0.257 e. The first-order valence-corrected chi connectivity index (χ1v) is 5.89. The number of likely N-dealkylation sites (tertiary alicyclic amines) is 1. The van der Waals surface area contributed by atoms with Crippen molar-refractivity contribution in [2.45, 2.75) is 19.8 Å². The largest absolute Gasteiger partial charge is 0.507 e. The number of halogens is 1. The van der Waals surface area contributed by atoms with Crippen molar-refractivity contribution in [1.29, 1.82) is 0 Å². The molecule has 1 unspecified atom stereocenters. The van der Waals surface area contributed by atoms with Crippen molar-refractivity contribution in [3.05, 3.63) is 29.6 Å². The van der Waals surface area contributed by atoms with Gasteiger partial charge in [0, 0.05) is 19.2 Å². The molecule has 2 rings (SSSR count). The standard InChI is InChI=1S/C13H16FNO2/c1-2-9-5-6-15(8-9)13(17)11-4-3-10(14)7-12(11)16/h3-4,7,9,16H,2,5-6,8H2,1H3. The lowest BCUT2D eigenvalue weighted by Gasteiger charge is -2.16. The minimum absolute atomic E-state index is 0.183. The van der Waals surface area contributed by atoms with E-state index in [0.717, 1.165) is 25.5 Å². The molecular weight excluding hydrogens is 221 g/mol. The van der Waals surface area contributed by atoms with E-state index in [1.807, 2.05) is 0 Å². The molecule has 1 aromatic rings. The van der Waals surface area contributed by atoms with Gasteiger partial charge in [0.2, 0.25) is 0 Å². The topological polar surface area (TPSA) is 40.5 Å². The molecule has 92 valence electrons. The third-order valence-corrected chi connectivity index (χ3v) is 3.34. The van der Waals surface area contributed by atoms with Crippen molar-refractivity contribution in [3.63, 3.8) is 0 Å². The van der Waals surface area contributed by atoms with Crippen molar-refractivity contribution < 1.29 is 14.3 Å². The van der Waals surface area contributed by atoms with Crippen molar-refractivity contribution in [2.24, 2.45) is 5.92 Å². The minimum atomic E-state index is -0.535. The summed E-state index contributed by atoms with van der Waals surface area (Å²) in [5.74, 6) is -0.484. The number of aromatic hydroxyl groups is 1. The molecule has 0 aromatic heterocycles. The molecule has 1 aliphatic rings. The Labute approximate surface area is 99.9 Å². The van der Waals surface area contributed by atoms with E-state index >= 15 is 0 Å². The summed E-state index contributed by atoms with van der Waals surface area (Å²) in [6.45, 7) is 3.55. The number of rotatable bonds is 2. The van der Waals surface area contributed by atoms with Crippen molar-refractivity contribution in [3.8, 4) is 5.75 Å². The van der Waals surface area contributed by atoms with Crippen LogP contribution >= 0.6 is 0 Å². The van der Waals surface area contributed by atoms with Gasteiger partial charge in [-0.15, -0.1) is 0 Å². The van der Waals surface area contributed by atoms with Gasteiger partial charge in [-0.1, -0.05) is 13.3 Å².